The average molecular weight is 211 g/mol. The minimum absolute atomic E-state index is 0.447. The van der Waals surface area contributed by atoms with Crippen LogP contribution < -0.4 is 14.8 Å². The predicted octanol–water partition coefficient (Wildman–Crippen LogP) is 2.03. The van der Waals surface area contributed by atoms with Gasteiger partial charge < -0.3 is 19.5 Å². The first-order chi connectivity index (χ1) is 7.24. The van der Waals surface area contributed by atoms with E-state index >= 15 is 0 Å². The second-order valence-corrected chi connectivity index (χ2v) is 3.08. The molecule has 0 saturated heterocycles. The Labute approximate surface area is 90.1 Å². The first kappa shape index (κ1) is 11.7. The molecule has 0 aromatic heterocycles. The van der Waals surface area contributed by atoms with Gasteiger partial charge in [-0.1, -0.05) is 0 Å². The van der Waals surface area contributed by atoms with Crippen LogP contribution >= 0.6 is 0 Å². The zero-order chi connectivity index (χ0) is 11.3. The number of rotatable bonds is 5. The van der Waals surface area contributed by atoms with Crippen LogP contribution in [0.3, 0.4) is 0 Å². The SMILES string of the molecule is COCNc1ccc(OC)c(C)c1OC. The van der Waals surface area contributed by atoms with Gasteiger partial charge in [-0.3, -0.25) is 0 Å². The number of hydrogen-bond donors (Lipinski definition) is 1. The Morgan fingerprint density at radius 2 is 1.87 bits per heavy atom. The Morgan fingerprint density at radius 3 is 2.40 bits per heavy atom. The Hall–Kier alpha value is -1.42. The largest absolute Gasteiger partial charge is 0.496 e. The highest BCUT2D eigenvalue weighted by atomic mass is 16.5. The monoisotopic (exact) mass is 211 g/mol. The molecule has 15 heavy (non-hydrogen) atoms. The van der Waals surface area contributed by atoms with Gasteiger partial charge in [0.1, 0.15) is 18.2 Å². The van der Waals surface area contributed by atoms with Crippen molar-refractivity contribution in [2.45, 2.75) is 6.92 Å². The van der Waals surface area contributed by atoms with Crippen molar-refractivity contribution in [3.63, 3.8) is 0 Å². The van der Waals surface area contributed by atoms with E-state index in [0.29, 0.717) is 6.73 Å². The summed E-state index contributed by atoms with van der Waals surface area (Å²) in [7, 11) is 4.92. The lowest BCUT2D eigenvalue weighted by Crippen LogP contribution is -2.05. The van der Waals surface area contributed by atoms with Crippen LogP contribution in [-0.4, -0.2) is 28.1 Å². The highest BCUT2D eigenvalue weighted by Crippen LogP contribution is 2.34. The molecule has 0 saturated carbocycles. The lowest BCUT2D eigenvalue weighted by atomic mass is 10.1. The second kappa shape index (κ2) is 5.46. The van der Waals surface area contributed by atoms with Crippen LogP contribution in [0.1, 0.15) is 5.56 Å². The van der Waals surface area contributed by atoms with E-state index in [1.807, 2.05) is 19.1 Å². The van der Waals surface area contributed by atoms with E-state index in [0.717, 1.165) is 22.7 Å². The van der Waals surface area contributed by atoms with Crippen molar-refractivity contribution in [3.05, 3.63) is 17.7 Å². The van der Waals surface area contributed by atoms with Gasteiger partial charge in [-0.15, -0.1) is 0 Å². The summed E-state index contributed by atoms with van der Waals surface area (Å²) in [6.45, 7) is 2.40. The molecule has 0 bridgehead atoms. The first-order valence-electron chi connectivity index (χ1n) is 4.69. The fourth-order valence-corrected chi connectivity index (χ4v) is 1.45. The van der Waals surface area contributed by atoms with Crippen molar-refractivity contribution in [1.29, 1.82) is 0 Å². The Morgan fingerprint density at radius 1 is 1.13 bits per heavy atom. The molecule has 1 rings (SSSR count). The van der Waals surface area contributed by atoms with Crippen LogP contribution in [0, 0.1) is 6.92 Å². The third-order valence-corrected chi connectivity index (χ3v) is 2.19. The maximum absolute atomic E-state index is 5.32. The standard InChI is InChI=1S/C11H17NO3/c1-8-10(14-3)6-5-9(11(8)15-4)12-7-13-2/h5-6,12H,7H2,1-4H3. The van der Waals surface area contributed by atoms with Gasteiger partial charge in [0.25, 0.3) is 0 Å². The number of hydrogen-bond acceptors (Lipinski definition) is 4. The van der Waals surface area contributed by atoms with Crippen LogP contribution in [0.25, 0.3) is 0 Å². The molecule has 0 heterocycles. The summed E-state index contributed by atoms with van der Waals surface area (Å²) in [5.74, 6) is 1.60. The fraction of sp³-hybridized carbons (Fsp3) is 0.455. The van der Waals surface area contributed by atoms with Crippen molar-refractivity contribution in [2.75, 3.05) is 33.4 Å². The van der Waals surface area contributed by atoms with Crippen LogP contribution in [-0.2, 0) is 4.74 Å². The number of benzene rings is 1. The Kier molecular flexibility index (Phi) is 4.24. The molecular formula is C11H17NO3. The zero-order valence-electron chi connectivity index (χ0n) is 9.59. The molecule has 0 fully saturated rings. The van der Waals surface area contributed by atoms with Crippen LogP contribution in [0.2, 0.25) is 0 Å². The molecule has 4 nitrogen and oxygen atoms in total. The molecular weight excluding hydrogens is 194 g/mol. The summed E-state index contributed by atoms with van der Waals surface area (Å²) in [6, 6.07) is 3.81. The summed E-state index contributed by atoms with van der Waals surface area (Å²) in [5, 5.41) is 3.10. The van der Waals surface area contributed by atoms with E-state index in [9.17, 15) is 0 Å². The van der Waals surface area contributed by atoms with E-state index in [-0.39, 0.29) is 0 Å². The maximum atomic E-state index is 5.32. The minimum Gasteiger partial charge on any atom is -0.496 e. The predicted molar refractivity (Wildman–Crippen MR) is 59.8 cm³/mol. The van der Waals surface area contributed by atoms with Crippen molar-refractivity contribution >= 4 is 5.69 Å². The smallest absolute Gasteiger partial charge is 0.148 e. The van der Waals surface area contributed by atoms with Gasteiger partial charge in [-0.2, -0.15) is 0 Å². The molecule has 0 amide bonds. The van der Waals surface area contributed by atoms with E-state index in [4.69, 9.17) is 14.2 Å². The van der Waals surface area contributed by atoms with E-state index in [1.165, 1.54) is 0 Å². The molecule has 0 aliphatic carbocycles. The molecule has 1 aromatic rings. The average Bonchev–Trinajstić information content (AvgIpc) is 2.26. The van der Waals surface area contributed by atoms with Gasteiger partial charge in [-0.25, -0.2) is 0 Å². The van der Waals surface area contributed by atoms with E-state index in [2.05, 4.69) is 5.32 Å². The third kappa shape index (κ3) is 2.53. The summed E-state index contributed by atoms with van der Waals surface area (Å²) < 4.78 is 15.5. The van der Waals surface area contributed by atoms with Gasteiger partial charge in [0.2, 0.25) is 0 Å². The van der Waals surface area contributed by atoms with Gasteiger partial charge in [0, 0.05) is 12.7 Å². The molecule has 0 atom stereocenters. The summed E-state index contributed by atoms with van der Waals surface area (Å²) in [5.41, 5.74) is 1.87. The van der Waals surface area contributed by atoms with Gasteiger partial charge >= 0.3 is 0 Å². The second-order valence-electron chi connectivity index (χ2n) is 3.08. The zero-order valence-corrected chi connectivity index (χ0v) is 9.59. The molecule has 84 valence electrons. The fourth-order valence-electron chi connectivity index (χ4n) is 1.45. The van der Waals surface area contributed by atoms with Gasteiger partial charge in [0.15, 0.2) is 0 Å². The first-order valence-corrected chi connectivity index (χ1v) is 4.69. The molecule has 1 aromatic carbocycles. The number of nitrogens with one attached hydrogen (secondary N) is 1. The highest BCUT2D eigenvalue weighted by Gasteiger charge is 2.10. The van der Waals surface area contributed by atoms with E-state index < -0.39 is 0 Å². The molecule has 0 aliphatic heterocycles. The summed E-state index contributed by atoms with van der Waals surface area (Å²) in [6.07, 6.45) is 0. The van der Waals surface area contributed by atoms with Gasteiger partial charge in [-0.05, 0) is 19.1 Å². The Balaban J connectivity index is 3.01. The van der Waals surface area contributed by atoms with Crippen LogP contribution in [0.15, 0.2) is 12.1 Å². The highest BCUT2D eigenvalue weighted by molar-refractivity contribution is 5.63. The van der Waals surface area contributed by atoms with E-state index in [1.54, 1.807) is 21.3 Å². The molecule has 0 radical (unpaired) electrons. The van der Waals surface area contributed by atoms with Gasteiger partial charge in [0.05, 0.1) is 19.9 Å². The number of anilines is 1. The quantitative estimate of drug-likeness (QED) is 0.756. The van der Waals surface area contributed by atoms with Crippen molar-refractivity contribution < 1.29 is 14.2 Å². The molecule has 1 N–H and O–H groups in total. The Bertz CT molecular complexity index is 326. The lowest BCUT2D eigenvalue weighted by molar-refractivity contribution is 0.221. The third-order valence-electron chi connectivity index (χ3n) is 2.19. The number of ether oxygens (including phenoxy) is 3. The molecule has 4 heteroatoms. The molecule has 0 spiro atoms. The van der Waals surface area contributed by atoms with Crippen LogP contribution in [0.5, 0.6) is 11.5 Å². The summed E-state index contributed by atoms with van der Waals surface area (Å²) >= 11 is 0. The molecule has 0 aliphatic rings. The molecule has 0 unspecified atom stereocenters. The van der Waals surface area contributed by atoms with Crippen LogP contribution in [0.4, 0.5) is 5.69 Å². The number of methoxy groups -OCH3 is 3. The lowest BCUT2D eigenvalue weighted by Gasteiger charge is -2.15. The van der Waals surface area contributed by atoms with Crippen molar-refractivity contribution in [2.24, 2.45) is 0 Å². The normalized spacial score (nSPS) is 9.87. The van der Waals surface area contributed by atoms with Crippen molar-refractivity contribution in [3.8, 4) is 11.5 Å². The van der Waals surface area contributed by atoms with Crippen molar-refractivity contribution in [1.82, 2.24) is 0 Å². The minimum atomic E-state index is 0.447. The summed E-state index contributed by atoms with van der Waals surface area (Å²) in [4.78, 5) is 0. The maximum Gasteiger partial charge on any atom is 0.148 e. The topological polar surface area (TPSA) is 39.7 Å².